The smallest absolute Gasteiger partial charge is 0.445 e. The molecule has 0 aliphatic rings. The molecule has 100 valence electrons. The average Bonchev–Trinajstić information content (AvgIpc) is 2.35. The summed E-state index contributed by atoms with van der Waals surface area (Å²) in [4.78, 5) is 25.4. The van der Waals surface area contributed by atoms with E-state index >= 15 is 0 Å². The Kier molecular flexibility index (Phi) is 9.41. The van der Waals surface area contributed by atoms with Crippen molar-refractivity contribution in [2.45, 2.75) is 46.0 Å². The van der Waals surface area contributed by atoms with E-state index in [1.54, 1.807) is 13.0 Å². The summed E-state index contributed by atoms with van der Waals surface area (Å²) < 4.78 is 4.59. The van der Waals surface area contributed by atoms with E-state index in [4.69, 9.17) is 5.53 Å². The van der Waals surface area contributed by atoms with Crippen LogP contribution in [-0.4, -0.2) is 28.9 Å². The Balaban J connectivity index is 4.17. The lowest BCUT2D eigenvalue weighted by Crippen LogP contribution is -2.26. The summed E-state index contributed by atoms with van der Waals surface area (Å²) in [6, 6.07) is 0. The number of ketones is 1. The van der Waals surface area contributed by atoms with Crippen molar-refractivity contribution in [3.63, 3.8) is 0 Å². The van der Waals surface area contributed by atoms with Gasteiger partial charge in [0.1, 0.15) is 0 Å². The van der Waals surface area contributed by atoms with E-state index in [1.807, 2.05) is 0 Å². The van der Waals surface area contributed by atoms with Crippen LogP contribution in [0.3, 0.4) is 0 Å². The lowest BCUT2D eigenvalue weighted by atomic mass is 10.1. The molecule has 0 saturated carbocycles. The molecule has 0 atom stereocenters. The first kappa shape index (κ1) is 16.3. The number of hydrogen-bond donors (Lipinski definition) is 0. The summed E-state index contributed by atoms with van der Waals surface area (Å²) in [6.45, 7) is 3.87. The maximum Gasteiger partial charge on any atom is 0.445 e. The molecule has 0 rings (SSSR count). The van der Waals surface area contributed by atoms with Crippen LogP contribution < -0.4 is 0 Å². The molecule has 0 radical (unpaired) electrons. The number of unbranched alkanes of at least 4 members (excludes halogenated alkanes) is 4. The van der Waals surface area contributed by atoms with Crippen LogP contribution in [-0.2, 0) is 14.3 Å². The van der Waals surface area contributed by atoms with Gasteiger partial charge in [-0.15, -0.1) is 0 Å². The number of hydrogen-bond acceptors (Lipinski definition) is 3. The van der Waals surface area contributed by atoms with Gasteiger partial charge in [-0.1, -0.05) is 32.3 Å². The number of carbonyl (C=O) groups excluding carboxylic acids is 2. The number of esters is 1. The third-order valence-corrected chi connectivity index (χ3v) is 2.30. The summed E-state index contributed by atoms with van der Waals surface area (Å²) in [5, 5.41) is 0. The predicted octanol–water partition coefficient (Wildman–Crippen LogP) is 2.32. The van der Waals surface area contributed by atoms with Gasteiger partial charge in [0.05, 0.1) is 6.61 Å². The highest BCUT2D eigenvalue weighted by molar-refractivity contribution is 6.64. The van der Waals surface area contributed by atoms with Crippen LogP contribution in [0.15, 0.2) is 12.2 Å². The Morgan fingerprint density at radius 3 is 2.50 bits per heavy atom. The standard InChI is InChI=1S/C13H20N2O3/c1-3-5-6-7-8-9-10-11(16)12(15-14)13(17)18-4-2/h9-10H,3-8H2,1-2H3/b10-9+. The lowest BCUT2D eigenvalue weighted by molar-refractivity contribution is -0.141. The highest BCUT2D eigenvalue weighted by atomic mass is 16.5. The second-order valence-electron chi connectivity index (χ2n) is 3.79. The number of carbonyl (C=O) groups is 2. The van der Waals surface area contributed by atoms with E-state index in [9.17, 15) is 9.59 Å². The molecule has 5 heteroatoms. The minimum absolute atomic E-state index is 0.131. The summed E-state index contributed by atoms with van der Waals surface area (Å²) in [7, 11) is 0. The highest BCUT2D eigenvalue weighted by Gasteiger charge is 2.28. The van der Waals surface area contributed by atoms with Crippen LogP contribution >= 0.6 is 0 Å². The van der Waals surface area contributed by atoms with Gasteiger partial charge < -0.3 is 10.3 Å². The van der Waals surface area contributed by atoms with Crippen LogP contribution in [0, 0.1) is 0 Å². The van der Waals surface area contributed by atoms with Crippen molar-refractivity contribution in [3.8, 4) is 0 Å². The fourth-order valence-electron chi connectivity index (χ4n) is 1.35. The molecule has 0 aliphatic carbocycles. The van der Waals surface area contributed by atoms with E-state index in [0.29, 0.717) is 0 Å². The van der Waals surface area contributed by atoms with E-state index in [0.717, 1.165) is 25.7 Å². The monoisotopic (exact) mass is 252 g/mol. The summed E-state index contributed by atoms with van der Waals surface area (Å²) in [5.41, 5.74) is 8.02. The second kappa shape index (κ2) is 10.4. The number of allylic oxidation sites excluding steroid dienone is 2. The summed E-state index contributed by atoms with van der Waals surface area (Å²) in [6.07, 6.45) is 8.16. The zero-order valence-corrected chi connectivity index (χ0v) is 11.0. The van der Waals surface area contributed by atoms with Crippen LogP contribution in [0.1, 0.15) is 46.0 Å². The molecule has 0 unspecified atom stereocenters. The third kappa shape index (κ3) is 6.76. The minimum Gasteiger partial charge on any atom is -0.457 e. The first-order valence-corrected chi connectivity index (χ1v) is 6.27. The van der Waals surface area contributed by atoms with Crippen molar-refractivity contribution in [2.24, 2.45) is 0 Å². The first-order chi connectivity index (χ1) is 8.67. The predicted molar refractivity (Wildman–Crippen MR) is 68.2 cm³/mol. The number of rotatable bonds is 9. The number of ether oxygens (including phenoxy) is 1. The Bertz CT molecular complexity index is 355. The Morgan fingerprint density at radius 1 is 1.22 bits per heavy atom. The Labute approximate surface area is 107 Å². The van der Waals surface area contributed by atoms with Crippen molar-refractivity contribution < 1.29 is 19.1 Å². The van der Waals surface area contributed by atoms with E-state index in [2.05, 4.69) is 16.5 Å². The molecule has 0 fully saturated rings. The Hall–Kier alpha value is -1.74. The largest absolute Gasteiger partial charge is 0.457 e. The number of nitrogens with zero attached hydrogens (tertiary/aromatic N) is 2. The van der Waals surface area contributed by atoms with Gasteiger partial charge in [0, 0.05) is 0 Å². The van der Waals surface area contributed by atoms with Crippen molar-refractivity contribution >= 4 is 17.5 Å². The van der Waals surface area contributed by atoms with Gasteiger partial charge in [0.15, 0.2) is 0 Å². The normalized spacial score (nSPS) is 10.1. The maximum absolute atomic E-state index is 11.5. The van der Waals surface area contributed by atoms with Gasteiger partial charge in [-0.2, -0.15) is 4.79 Å². The maximum atomic E-state index is 11.5. The minimum atomic E-state index is -0.902. The van der Waals surface area contributed by atoms with Gasteiger partial charge in [0.25, 0.3) is 5.78 Å². The van der Waals surface area contributed by atoms with Crippen molar-refractivity contribution in [2.75, 3.05) is 6.61 Å². The van der Waals surface area contributed by atoms with Crippen LogP contribution in [0.4, 0.5) is 0 Å². The molecule has 0 aromatic rings. The van der Waals surface area contributed by atoms with E-state index in [-0.39, 0.29) is 6.61 Å². The zero-order chi connectivity index (χ0) is 13.8. The summed E-state index contributed by atoms with van der Waals surface area (Å²) >= 11 is 0. The molecule has 0 bridgehead atoms. The third-order valence-electron chi connectivity index (χ3n) is 2.30. The highest BCUT2D eigenvalue weighted by Crippen LogP contribution is 2.02. The van der Waals surface area contributed by atoms with Crippen LogP contribution in [0.5, 0.6) is 0 Å². The molecule has 0 aromatic heterocycles. The molecule has 0 heterocycles. The molecule has 0 aromatic carbocycles. The molecule has 5 nitrogen and oxygen atoms in total. The first-order valence-electron chi connectivity index (χ1n) is 6.27. The molecule has 0 aliphatic heterocycles. The molecular formula is C13H20N2O3. The molecule has 18 heavy (non-hydrogen) atoms. The van der Waals surface area contributed by atoms with E-state index in [1.165, 1.54) is 12.5 Å². The topological polar surface area (TPSA) is 79.8 Å². The SMILES string of the molecule is CCCCCC/C=C/C(=O)C(=[N+]=[N-])C(=O)OCC. The zero-order valence-electron chi connectivity index (χ0n) is 11.0. The van der Waals surface area contributed by atoms with Gasteiger partial charge in [0.2, 0.25) is 0 Å². The fourth-order valence-corrected chi connectivity index (χ4v) is 1.35. The second-order valence-corrected chi connectivity index (χ2v) is 3.79. The lowest BCUT2D eigenvalue weighted by Gasteiger charge is -1.95. The van der Waals surface area contributed by atoms with Crippen molar-refractivity contribution in [3.05, 3.63) is 17.7 Å². The van der Waals surface area contributed by atoms with Gasteiger partial charge >= 0.3 is 11.7 Å². The van der Waals surface area contributed by atoms with Crippen molar-refractivity contribution in [1.29, 1.82) is 0 Å². The Morgan fingerprint density at radius 2 is 1.94 bits per heavy atom. The molecule has 0 N–H and O–H groups in total. The van der Waals surface area contributed by atoms with Crippen LogP contribution in [0.25, 0.3) is 5.53 Å². The van der Waals surface area contributed by atoms with Gasteiger partial charge in [-0.3, -0.25) is 4.79 Å². The van der Waals surface area contributed by atoms with Crippen LogP contribution in [0.2, 0.25) is 0 Å². The van der Waals surface area contributed by atoms with Crippen molar-refractivity contribution in [1.82, 2.24) is 0 Å². The van der Waals surface area contributed by atoms with Gasteiger partial charge in [-0.25, -0.2) is 4.79 Å². The molecule has 0 amide bonds. The fraction of sp³-hybridized carbons (Fsp3) is 0.615. The molecular weight excluding hydrogens is 232 g/mol. The molecule has 0 spiro atoms. The molecule has 0 saturated heterocycles. The van der Waals surface area contributed by atoms with E-state index < -0.39 is 17.5 Å². The quantitative estimate of drug-likeness (QED) is 0.120. The van der Waals surface area contributed by atoms with Gasteiger partial charge in [-0.05, 0) is 25.8 Å². The average molecular weight is 252 g/mol. The summed E-state index contributed by atoms with van der Waals surface area (Å²) in [5.74, 6) is -1.54.